The number of nitrogens with zero attached hydrogens (tertiary/aromatic N) is 4. The maximum Gasteiger partial charge on any atom is 0.251 e. The van der Waals surface area contributed by atoms with Crippen molar-refractivity contribution in [1.82, 2.24) is 25.5 Å². The third kappa shape index (κ3) is 3.93. The van der Waals surface area contributed by atoms with Crippen molar-refractivity contribution in [2.24, 2.45) is 0 Å². The minimum Gasteiger partial charge on any atom is -0.352 e. The van der Waals surface area contributed by atoms with E-state index in [-0.39, 0.29) is 17.8 Å². The normalized spacial score (nSPS) is 10.9. The molecule has 7 heteroatoms. The van der Waals surface area contributed by atoms with E-state index in [2.05, 4.69) is 20.8 Å². The van der Waals surface area contributed by atoms with Crippen LogP contribution in [0.15, 0.2) is 48.5 Å². The SMILES string of the molecule is CC(C)n1nnnc1-c1cccc(C(=O)NCCc2ccccc2F)c1. The molecule has 0 saturated heterocycles. The molecule has 1 amide bonds. The number of tetrazole rings is 1. The molecule has 3 aromatic rings. The first-order chi connectivity index (χ1) is 12.6. The summed E-state index contributed by atoms with van der Waals surface area (Å²) in [6.07, 6.45) is 0.434. The van der Waals surface area contributed by atoms with E-state index in [0.717, 1.165) is 5.56 Å². The van der Waals surface area contributed by atoms with Crippen molar-refractivity contribution in [2.75, 3.05) is 6.54 Å². The summed E-state index contributed by atoms with van der Waals surface area (Å²) in [5.74, 6) is 0.136. The Morgan fingerprint density at radius 3 is 2.77 bits per heavy atom. The molecule has 0 aliphatic heterocycles. The van der Waals surface area contributed by atoms with Crippen molar-refractivity contribution >= 4 is 5.91 Å². The molecule has 1 heterocycles. The van der Waals surface area contributed by atoms with Crippen molar-refractivity contribution in [1.29, 1.82) is 0 Å². The van der Waals surface area contributed by atoms with Gasteiger partial charge in [-0.1, -0.05) is 30.3 Å². The second kappa shape index (κ2) is 7.86. The van der Waals surface area contributed by atoms with Crippen LogP contribution >= 0.6 is 0 Å². The zero-order chi connectivity index (χ0) is 18.5. The molecule has 1 aromatic heterocycles. The fraction of sp³-hybridized carbons (Fsp3) is 0.263. The second-order valence-corrected chi connectivity index (χ2v) is 6.22. The minimum absolute atomic E-state index is 0.109. The highest BCUT2D eigenvalue weighted by Crippen LogP contribution is 2.20. The molecule has 0 fully saturated rings. The van der Waals surface area contributed by atoms with Gasteiger partial charge in [0.05, 0.1) is 6.04 Å². The Bertz CT molecular complexity index is 906. The minimum atomic E-state index is -0.260. The Labute approximate surface area is 151 Å². The van der Waals surface area contributed by atoms with Gasteiger partial charge < -0.3 is 5.32 Å². The van der Waals surface area contributed by atoms with Gasteiger partial charge in [-0.15, -0.1) is 5.10 Å². The molecule has 0 radical (unpaired) electrons. The predicted octanol–water partition coefficient (Wildman–Crippen LogP) is 3.03. The number of aromatic nitrogens is 4. The molecular formula is C19H20FN5O. The van der Waals surface area contributed by atoms with Gasteiger partial charge >= 0.3 is 0 Å². The Balaban J connectivity index is 1.69. The van der Waals surface area contributed by atoms with Crippen molar-refractivity contribution in [3.8, 4) is 11.4 Å². The second-order valence-electron chi connectivity index (χ2n) is 6.22. The zero-order valence-electron chi connectivity index (χ0n) is 14.7. The maximum atomic E-state index is 13.6. The predicted molar refractivity (Wildman–Crippen MR) is 96.1 cm³/mol. The van der Waals surface area contributed by atoms with E-state index in [0.29, 0.717) is 29.9 Å². The van der Waals surface area contributed by atoms with Gasteiger partial charge in [0.1, 0.15) is 5.82 Å². The van der Waals surface area contributed by atoms with Crippen molar-refractivity contribution in [2.45, 2.75) is 26.3 Å². The third-order valence-corrected chi connectivity index (χ3v) is 4.00. The monoisotopic (exact) mass is 353 g/mol. The van der Waals surface area contributed by atoms with Crippen LogP contribution in [0.5, 0.6) is 0 Å². The molecule has 6 nitrogen and oxygen atoms in total. The number of nitrogens with one attached hydrogen (secondary N) is 1. The Morgan fingerprint density at radius 1 is 1.19 bits per heavy atom. The summed E-state index contributed by atoms with van der Waals surface area (Å²) >= 11 is 0. The lowest BCUT2D eigenvalue weighted by molar-refractivity contribution is 0.0954. The maximum absolute atomic E-state index is 13.6. The number of carbonyl (C=O) groups excluding carboxylic acids is 1. The Hall–Kier alpha value is -3.09. The molecule has 0 unspecified atom stereocenters. The molecule has 3 rings (SSSR count). The van der Waals surface area contributed by atoms with E-state index in [1.165, 1.54) is 6.07 Å². The number of carbonyl (C=O) groups is 1. The summed E-state index contributed by atoms with van der Waals surface area (Å²) in [4.78, 5) is 12.4. The molecule has 0 spiro atoms. The molecule has 0 atom stereocenters. The highest BCUT2D eigenvalue weighted by Gasteiger charge is 2.13. The standard InChI is InChI=1S/C19H20FN5O/c1-13(2)25-18(22-23-24-25)15-7-5-8-16(12-15)19(26)21-11-10-14-6-3-4-9-17(14)20/h3-9,12-13H,10-11H2,1-2H3,(H,21,26). The average Bonchev–Trinajstić information content (AvgIpc) is 3.13. The quantitative estimate of drug-likeness (QED) is 0.739. The first kappa shape index (κ1) is 17.7. The van der Waals surface area contributed by atoms with Crippen LogP contribution in [0, 0.1) is 5.82 Å². The fourth-order valence-electron chi connectivity index (χ4n) is 2.64. The molecule has 0 bridgehead atoms. The van der Waals surface area contributed by atoms with Crippen LogP contribution < -0.4 is 5.32 Å². The van der Waals surface area contributed by atoms with Gasteiger partial charge in [0.15, 0.2) is 5.82 Å². The Morgan fingerprint density at radius 2 is 2.00 bits per heavy atom. The number of benzene rings is 2. The number of hydrogen-bond acceptors (Lipinski definition) is 4. The molecule has 26 heavy (non-hydrogen) atoms. The largest absolute Gasteiger partial charge is 0.352 e. The van der Waals surface area contributed by atoms with Gasteiger partial charge in [0, 0.05) is 17.7 Å². The topological polar surface area (TPSA) is 72.7 Å². The average molecular weight is 353 g/mol. The molecular weight excluding hydrogens is 333 g/mol. The summed E-state index contributed by atoms with van der Waals surface area (Å²) in [6, 6.07) is 13.8. The summed E-state index contributed by atoms with van der Waals surface area (Å²) in [6.45, 7) is 4.33. The van der Waals surface area contributed by atoms with E-state index in [9.17, 15) is 9.18 Å². The highest BCUT2D eigenvalue weighted by molar-refractivity contribution is 5.95. The molecule has 134 valence electrons. The van der Waals surface area contributed by atoms with Crippen LogP contribution in [0.25, 0.3) is 11.4 Å². The van der Waals surface area contributed by atoms with E-state index >= 15 is 0 Å². The molecule has 0 aliphatic carbocycles. The van der Waals surface area contributed by atoms with Gasteiger partial charge in [0.25, 0.3) is 5.91 Å². The van der Waals surface area contributed by atoms with Crippen molar-refractivity contribution in [3.05, 3.63) is 65.5 Å². The van der Waals surface area contributed by atoms with Crippen LogP contribution in [0.2, 0.25) is 0 Å². The van der Waals surface area contributed by atoms with E-state index in [1.807, 2.05) is 19.9 Å². The molecule has 0 aliphatic rings. The number of halogens is 1. The summed E-state index contributed by atoms with van der Waals surface area (Å²) in [5, 5.41) is 14.6. The lowest BCUT2D eigenvalue weighted by Crippen LogP contribution is -2.25. The van der Waals surface area contributed by atoms with Crippen LogP contribution in [0.3, 0.4) is 0 Å². The first-order valence-corrected chi connectivity index (χ1v) is 8.46. The van der Waals surface area contributed by atoms with E-state index < -0.39 is 0 Å². The van der Waals surface area contributed by atoms with Crippen LogP contribution in [0.4, 0.5) is 4.39 Å². The van der Waals surface area contributed by atoms with Gasteiger partial charge in [-0.25, -0.2) is 9.07 Å². The number of amides is 1. The van der Waals surface area contributed by atoms with Gasteiger partial charge in [-0.2, -0.15) is 0 Å². The number of hydrogen-bond donors (Lipinski definition) is 1. The summed E-state index contributed by atoms with van der Waals surface area (Å²) in [5.41, 5.74) is 1.86. The fourth-order valence-corrected chi connectivity index (χ4v) is 2.64. The summed E-state index contributed by atoms with van der Waals surface area (Å²) in [7, 11) is 0. The van der Waals surface area contributed by atoms with Crippen molar-refractivity contribution in [3.63, 3.8) is 0 Å². The Kier molecular flexibility index (Phi) is 5.36. The highest BCUT2D eigenvalue weighted by atomic mass is 19.1. The van der Waals surface area contributed by atoms with E-state index in [1.54, 1.807) is 41.1 Å². The lowest BCUT2D eigenvalue weighted by atomic mass is 10.1. The van der Waals surface area contributed by atoms with Gasteiger partial charge in [-0.3, -0.25) is 4.79 Å². The van der Waals surface area contributed by atoms with Crippen LogP contribution in [-0.4, -0.2) is 32.7 Å². The zero-order valence-corrected chi connectivity index (χ0v) is 14.7. The molecule has 1 N–H and O–H groups in total. The smallest absolute Gasteiger partial charge is 0.251 e. The number of rotatable bonds is 6. The van der Waals surface area contributed by atoms with E-state index in [4.69, 9.17) is 0 Å². The van der Waals surface area contributed by atoms with Gasteiger partial charge in [0.2, 0.25) is 0 Å². The summed E-state index contributed by atoms with van der Waals surface area (Å²) < 4.78 is 15.3. The van der Waals surface area contributed by atoms with Gasteiger partial charge in [-0.05, 0) is 54.5 Å². The van der Waals surface area contributed by atoms with Crippen LogP contribution in [-0.2, 0) is 6.42 Å². The molecule has 0 saturated carbocycles. The first-order valence-electron chi connectivity index (χ1n) is 8.46. The molecule has 2 aromatic carbocycles. The third-order valence-electron chi connectivity index (χ3n) is 4.00. The van der Waals surface area contributed by atoms with Crippen LogP contribution in [0.1, 0.15) is 35.8 Å². The van der Waals surface area contributed by atoms with Crippen molar-refractivity contribution < 1.29 is 9.18 Å². The lowest BCUT2D eigenvalue weighted by Gasteiger charge is -2.09.